The fourth-order valence-electron chi connectivity index (χ4n) is 4.26. The number of fused-ring (bicyclic) bond motifs is 1. The molecule has 1 aliphatic heterocycles. The molecule has 3 atom stereocenters. The van der Waals surface area contributed by atoms with Gasteiger partial charge in [-0.15, -0.1) is 12.4 Å². The van der Waals surface area contributed by atoms with Crippen LogP contribution < -0.4 is 10.6 Å². The maximum atomic E-state index is 5.87. The van der Waals surface area contributed by atoms with E-state index in [1.165, 1.54) is 32.1 Å². The number of benzene rings is 1. The Morgan fingerprint density at radius 3 is 2.88 bits per heavy atom. The van der Waals surface area contributed by atoms with Crippen LogP contribution >= 0.6 is 12.4 Å². The van der Waals surface area contributed by atoms with E-state index in [0.29, 0.717) is 23.9 Å². The lowest BCUT2D eigenvalue weighted by Gasteiger charge is -2.33. The normalized spacial score (nSPS) is 29.5. The molecule has 3 unspecified atom stereocenters. The van der Waals surface area contributed by atoms with Gasteiger partial charge in [0.2, 0.25) is 0 Å². The minimum atomic E-state index is 0. The highest BCUT2D eigenvalue weighted by atomic mass is 35.5. The Bertz CT molecular complexity index is 725. The average Bonchev–Trinajstić information content (AvgIpc) is 3.22. The summed E-state index contributed by atoms with van der Waals surface area (Å²) < 4.78 is 11.5. The third kappa shape index (κ3) is 3.50. The van der Waals surface area contributed by atoms with Crippen LogP contribution in [-0.2, 0) is 4.74 Å². The van der Waals surface area contributed by atoms with Crippen LogP contribution in [0.4, 0.5) is 5.69 Å². The molecule has 136 valence electrons. The van der Waals surface area contributed by atoms with E-state index in [9.17, 15) is 0 Å². The molecule has 0 amide bonds. The molecule has 0 bridgehead atoms. The Morgan fingerprint density at radius 1 is 1.16 bits per heavy atom. The smallest absolute Gasteiger partial charge is 0.198 e. The minimum absolute atomic E-state index is 0. The highest BCUT2D eigenvalue weighted by molar-refractivity contribution is 5.85. The molecule has 5 rings (SSSR count). The Kier molecular flexibility index (Phi) is 4.89. The van der Waals surface area contributed by atoms with Gasteiger partial charge in [0.25, 0.3) is 0 Å². The van der Waals surface area contributed by atoms with Crippen molar-refractivity contribution in [3.63, 3.8) is 0 Å². The van der Waals surface area contributed by atoms with E-state index in [4.69, 9.17) is 9.15 Å². The molecule has 6 heteroatoms. The van der Waals surface area contributed by atoms with E-state index < -0.39 is 0 Å². The number of oxazole rings is 1. The lowest BCUT2D eigenvalue weighted by molar-refractivity contribution is 0.0559. The summed E-state index contributed by atoms with van der Waals surface area (Å²) in [6.45, 7) is 2.66. The summed E-state index contributed by atoms with van der Waals surface area (Å²) in [5, 5.41) is 7.39. The lowest BCUT2D eigenvalue weighted by Crippen LogP contribution is -2.49. The Labute approximate surface area is 154 Å². The third-order valence-electron chi connectivity index (χ3n) is 5.72. The van der Waals surface area contributed by atoms with Crippen LogP contribution in [0.3, 0.4) is 0 Å². The van der Waals surface area contributed by atoms with Gasteiger partial charge in [-0.3, -0.25) is 0 Å². The molecular formula is C19H26ClN3O2. The second kappa shape index (κ2) is 7.14. The number of hydrogen-bond donors (Lipinski definition) is 2. The number of morpholine rings is 1. The number of rotatable bonds is 4. The second-order valence-corrected chi connectivity index (χ2v) is 7.49. The Hall–Kier alpha value is -1.30. The summed E-state index contributed by atoms with van der Waals surface area (Å²) in [5.41, 5.74) is 3.05. The molecule has 2 N–H and O–H groups in total. The molecule has 0 spiro atoms. The molecular weight excluding hydrogens is 338 g/mol. The van der Waals surface area contributed by atoms with Crippen LogP contribution in [0.15, 0.2) is 22.6 Å². The summed E-state index contributed by atoms with van der Waals surface area (Å²) in [6, 6.07) is 7.32. The first kappa shape index (κ1) is 17.1. The SMILES string of the molecule is Cl.c1cc2oc(C3CC3)nc2cc1NC1CCCC1C1COCCN1. The maximum Gasteiger partial charge on any atom is 0.198 e. The summed E-state index contributed by atoms with van der Waals surface area (Å²) >= 11 is 0. The molecule has 1 aromatic heterocycles. The van der Waals surface area contributed by atoms with E-state index in [1.54, 1.807) is 0 Å². The summed E-state index contributed by atoms with van der Waals surface area (Å²) in [7, 11) is 0. The van der Waals surface area contributed by atoms with Gasteiger partial charge in [0.15, 0.2) is 11.5 Å². The molecule has 2 heterocycles. The number of nitrogens with one attached hydrogen (secondary N) is 2. The largest absolute Gasteiger partial charge is 0.440 e. The first-order chi connectivity index (χ1) is 11.9. The van der Waals surface area contributed by atoms with Crippen molar-refractivity contribution < 1.29 is 9.15 Å². The summed E-state index contributed by atoms with van der Waals surface area (Å²) in [4.78, 5) is 4.68. The van der Waals surface area contributed by atoms with Crippen LogP contribution in [0.5, 0.6) is 0 Å². The van der Waals surface area contributed by atoms with Crippen molar-refractivity contribution in [2.45, 2.75) is 50.1 Å². The molecule has 0 radical (unpaired) electrons. The number of nitrogens with zero attached hydrogens (tertiary/aromatic N) is 1. The molecule has 2 aromatic rings. The van der Waals surface area contributed by atoms with Gasteiger partial charge in [-0.05, 0) is 49.8 Å². The zero-order valence-corrected chi connectivity index (χ0v) is 15.2. The number of ether oxygens (including phenoxy) is 1. The van der Waals surface area contributed by atoms with Gasteiger partial charge >= 0.3 is 0 Å². The van der Waals surface area contributed by atoms with Crippen LogP contribution in [-0.4, -0.2) is 36.8 Å². The Balaban J connectivity index is 0.00000157. The minimum Gasteiger partial charge on any atom is -0.440 e. The first-order valence-corrected chi connectivity index (χ1v) is 9.35. The van der Waals surface area contributed by atoms with Crippen molar-refractivity contribution in [1.29, 1.82) is 0 Å². The summed E-state index contributed by atoms with van der Waals surface area (Å²) in [6.07, 6.45) is 6.23. The van der Waals surface area contributed by atoms with E-state index in [-0.39, 0.29) is 12.4 Å². The molecule has 3 aliphatic rings. The van der Waals surface area contributed by atoms with Crippen molar-refractivity contribution in [2.24, 2.45) is 5.92 Å². The predicted molar refractivity (Wildman–Crippen MR) is 101 cm³/mol. The highest BCUT2D eigenvalue weighted by Gasteiger charge is 2.35. The molecule has 2 saturated carbocycles. The topological polar surface area (TPSA) is 59.3 Å². The maximum absolute atomic E-state index is 5.87. The van der Waals surface area contributed by atoms with Crippen molar-refractivity contribution in [2.75, 3.05) is 25.1 Å². The zero-order valence-electron chi connectivity index (χ0n) is 14.4. The van der Waals surface area contributed by atoms with Crippen LogP contribution in [0.1, 0.15) is 43.9 Å². The number of hydrogen-bond acceptors (Lipinski definition) is 5. The van der Waals surface area contributed by atoms with Gasteiger partial charge in [0, 0.05) is 30.2 Å². The van der Waals surface area contributed by atoms with Gasteiger partial charge in [0.05, 0.1) is 13.2 Å². The van der Waals surface area contributed by atoms with E-state index in [0.717, 1.165) is 42.4 Å². The molecule has 1 aromatic carbocycles. The van der Waals surface area contributed by atoms with Crippen LogP contribution in [0.2, 0.25) is 0 Å². The van der Waals surface area contributed by atoms with Crippen molar-refractivity contribution in [1.82, 2.24) is 10.3 Å². The third-order valence-corrected chi connectivity index (χ3v) is 5.72. The number of halogens is 1. The average molecular weight is 364 g/mol. The van der Waals surface area contributed by atoms with Crippen LogP contribution in [0.25, 0.3) is 11.1 Å². The van der Waals surface area contributed by atoms with E-state index >= 15 is 0 Å². The van der Waals surface area contributed by atoms with E-state index in [2.05, 4.69) is 33.8 Å². The summed E-state index contributed by atoms with van der Waals surface area (Å²) in [5.74, 6) is 2.12. The number of anilines is 1. The quantitative estimate of drug-likeness (QED) is 0.867. The fraction of sp³-hybridized carbons (Fsp3) is 0.632. The molecule has 2 aliphatic carbocycles. The van der Waals surface area contributed by atoms with E-state index in [1.807, 2.05) is 0 Å². The zero-order chi connectivity index (χ0) is 15.9. The van der Waals surface area contributed by atoms with Crippen molar-refractivity contribution >= 4 is 29.2 Å². The molecule has 25 heavy (non-hydrogen) atoms. The predicted octanol–water partition coefficient (Wildman–Crippen LogP) is 3.70. The van der Waals surface area contributed by atoms with Crippen molar-refractivity contribution in [3.05, 3.63) is 24.1 Å². The van der Waals surface area contributed by atoms with Gasteiger partial charge in [-0.25, -0.2) is 4.98 Å². The molecule has 1 saturated heterocycles. The van der Waals surface area contributed by atoms with Gasteiger partial charge in [0.1, 0.15) is 5.52 Å². The fourth-order valence-corrected chi connectivity index (χ4v) is 4.26. The Morgan fingerprint density at radius 2 is 2.08 bits per heavy atom. The monoisotopic (exact) mass is 363 g/mol. The van der Waals surface area contributed by atoms with Gasteiger partial charge < -0.3 is 19.8 Å². The first-order valence-electron chi connectivity index (χ1n) is 9.35. The standard InChI is InChI=1S/C19H25N3O2.ClH/c1-2-14(17-11-23-9-8-20-17)15(3-1)21-13-6-7-18-16(10-13)22-19(24-18)12-4-5-12;/h6-7,10,12,14-15,17,20-21H,1-5,8-9,11H2;1H. The van der Waals surface area contributed by atoms with Crippen LogP contribution in [0, 0.1) is 5.92 Å². The van der Waals surface area contributed by atoms with Gasteiger partial charge in [-0.2, -0.15) is 0 Å². The number of aromatic nitrogens is 1. The lowest BCUT2D eigenvalue weighted by atomic mass is 9.94. The second-order valence-electron chi connectivity index (χ2n) is 7.49. The van der Waals surface area contributed by atoms with Gasteiger partial charge in [-0.1, -0.05) is 6.42 Å². The molecule has 5 nitrogen and oxygen atoms in total. The molecule has 3 fully saturated rings. The highest BCUT2D eigenvalue weighted by Crippen LogP contribution is 2.41. The van der Waals surface area contributed by atoms with Crippen molar-refractivity contribution in [3.8, 4) is 0 Å².